The average molecular weight is 285 g/mol. The SMILES string of the molecule is C1=C(c2n[nH]nc2C2=CCCCCCC2)CCCCCC1. The van der Waals surface area contributed by atoms with E-state index in [0.717, 1.165) is 24.2 Å². The van der Waals surface area contributed by atoms with E-state index in [2.05, 4.69) is 27.6 Å². The molecule has 0 aromatic carbocycles. The molecule has 0 atom stereocenters. The summed E-state index contributed by atoms with van der Waals surface area (Å²) in [6.07, 6.45) is 20.2. The summed E-state index contributed by atoms with van der Waals surface area (Å²) in [4.78, 5) is 0. The van der Waals surface area contributed by atoms with Crippen LogP contribution in [0.2, 0.25) is 0 Å². The molecule has 0 fully saturated rings. The molecule has 0 aliphatic heterocycles. The molecule has 1 aromatic rings. The van der Waals surface area contributed by atoms with E-state index in [1.807, 2.05) is 0 Å². The Labute approximate surface area is 127 Å². The summed E-state index contributed by atoms with van der Waals surface area (Å²) < 4.78 is 0. The van der Waals surface area contributed by atoms with Crippen molar-refractivity contribution in [1.82, 2.24) is 15.4 Å². The highest BCUT2D eigenvalue weighted by Crippen LogP contribution is 2.31. The molecule has 0 saturated carbocycles. The average Bonchev–Trinajstić information content (AvgIpc) is 2.87. The second-order valence-corrected chi connectivity index (χ2v) is 6.39. The molecule has 3 rings (SSSR count). The van der Waals surface area contributed by atoms with E-state index in [-0.39, 0.29) is 0 Å². The summed E-state index contributed by atoms with van der Waals surface area (Å²) in [7, 11) is 0. The number of hydrogen-bond acceptors (Lipinski definition) is 2. The highest BCUT2D eigenvalue weighted by Gasteiger charge is 2.17. The van der Waals surface area contributed by atoms with Gasteiger partial charge in [0.05, 0.1) is 0 Å². The van der Waals surface area contributed by atoms with Gasteiger partial charge in [0.25, 0.3) is 0 Å². The topological polar surface area (TPSA) is 41.6 Å². The van der Waals surface area contributed by atoms with Crippen molar-refractivity contribution in [3.05, 3.63) is 23.5 Å². The zero-order valence-corrected chi connectivity index (χ0v) is 13.0. The third-order valence-electron chi connectivity index (χ3n) is 4.74. The predicted molar refractivity (Wildman–Crippen MR) is 87.7 cm³/mol. The molecule has 3 heteroatoms. The van der Waals surface area contributed by atoms with Gasteiger partial charge in [-0.25, -0.2) is 0 Å². The maximum atomic E-state index is 4.50. The van der Waals surface area contributed by atoms with Crippen molar-refractivity contribution in [1.29, 1.82) is 0 Å². The quantitative estimate of drug-likeness (QED) is 0.803. The zero-order valence-electron chi connectivity index (χ0n) is 13.0. The van der Waals surface area contributed by atoms with Crippen LogP contribution in [0.25, 0.3) is 11.1 Å². The van der Waals surface area contributed by atoms with E-state index in [9.17, 15) is 0 Å². The van der Waals surface area contributed by atoms with Gasteiger partial charge in [0.1, 0.15) is 11.4 Å². The van der Waals surface area contributed by atoms with E-state index in [1.165, 1.54) is 75.4 Å². The molecule has 0 amide bonds. The first-order chi connectivity index (χ1) is 10.4. The predicted octanol–water partition coefficient (Wildman–Crippen LogP) is 5.28. The van der Waals surface area contributed by atoms with Crippen LogP contribution >= 0.6 is 0 Å². The van der Waals surface area contributed by atoms with E-state index in [4.69, 9.17) is 0 Å². The van der Waals surface area contributed by atoms with Gasteiger partial charge in [-0.05, 0) is 62.5 Å². The van der Waals surface area contributed by atoms with Crippen LogP contribution in [0.5, 0.6) is 0 Å². The minimum absolute atomic E-state index is 1.13. The first-order valence-corrected chi connectivity index (χ1v) is 8.75. The van der Waals surface area contributed by atoms with Crippen molar-refractivity contribution in [3.63, 3.8) is 0 Å². The lowest BCUT2D eigenvalue weighted by Crippen LogP contribution is -1.97. The van der Waals surface area contributed by atoms with Crippen LogP contribution in [0.15, 0.2) is 12.2 Å². The Hall–Kier alpha value is -1.38. The third kappa shape index (κ3) is 3.84. The van der Waals surface area contributed by atoms with Crippen LogP contribution in [0.3, 0.4) is 0 Å². The molecule has 114 valence electrons. The Morgan fingerprint density at radius 3 is 1.62 bits per heavy atom. The van der Waals surface area contributed by atoms with Gasteiger partial charge in [0, 0.05) is 0 Å². The Kier molecular flexibility index (Phi) is 5.25. The Morgan fingerprint density at radius 1 is 0.619 bits per heavy atom. The lowest BCUT2D eigenvalue weighted by Gasteiger charge is -2.13. The monoisotopic (exact) mass is 285 g/mol. The van der Waals surface area contributed by atoms with Crippen LogP contribution < -0.4 is 0 Å². The van der Waals surface area contributed by atoms with Crippen LogP contribution in [0, 0.1) is 0 Å². The Balaban J connectivity index is 1.85. The molecular formula is C18H27N3. The fraction of sp³-hybridized carbons (Fsp3) is 0.667. The second kappa shape index (κ2) is 7.58. The van der Waals surface area contributed by atoms with Gasteiger partial charge in [-0.1, -0.05) is 37.8 Å². The fourth-order valence-corrected chi connectivity index (χ4v) is 3.49. The van der Waals surface area contributed by atoms with Gasteiger partial charge in [-0.3, -0.25) is 0 Å². The molecule has 3 nitrogen and oxygen atoms in total. The second-order valence-electron chi connectivity index (χ2n) is 6.39. The standard InChI is InChI=1S/C18H27N3/c1-3-7-11-15(12-8-4-1)17-18(20-21-19-17)16-13-9-5-2-6-10-14-16/h11,13H,1-10,12,14H2,(H,19,20,21). The molecule has 0 radical (unpaired) electrons. The van der Waals surface area contributed by atoms with E-state index < -0.39 is 0 Å². The van der Waals surface area contributed by atoms with Crippen LogP contribution in [-0.4, -0.2) is 15.4 Å². The molecule has 0 saturated heterocycles. The summed E-state index contributed by atoms with van der Waals surface area (Å²) >= 11 is 0. The first-order valence-electron chi connectivity index (χ1n) is 8.75. The van der Waals surface area contributed by atoms with Gasteiger partial charge in [0.15, 0.2) is 0 Å². The normalized spacial score (nSPS) is 21.5. The highest BCUT2D eigenvalue weighted by atomic mass is 15.3. The van der Waals surface area contributed by atoms with Crippen molar-refractivity contribution in [2.24, 2.45) is 0 Å². The summed E-state index contributed by atoms with van der Waals surface area (Å²) in [6.45, 7) is 0. The van der Waals surface area contributed by atoms with E-state index >= 15 is 0 Å². The highest BCUT2D eigenvalue weighted by molar-refractivity contribution is 5.75. The molecular weight excluding hydrogens is 258 g/mol. The van der Waals surface area contributed by atoms with Crippen LogP contribution in [0.4, 0.5) is 0 Å². The maximum absolute atomic E-state index is 4.50. The van der Waals surface area contributed by atoms with Crippen LogP contribution in [0.1, 0.15) is 88.4 Å². The van der Waals surface area contributed by atoms with Crippen molar-refractivity contribution < 1.29 is 0 Å². The van der Waals surface area contributed by atoms with Gasteiger partial charge in [-0.2, -0.15) is 15.4 Å². The third-order valence-corrected chi connectivity index (χ3v) is 4.74. The van der Waals surface area contributed by atoms with Crippen molar-refractivity contribution in [3.8, 4) is 0 Å². The number of H-pyrrole nitrogens is 1. The number of aromatic amines is 1. The Bertz CT molecular complexity index is 466. The van der Waals surface area contributed by atoms with E-state index in [0.29, 0.717) is 0 Å². The molecule has 2 aliphatic carbocycles. The molecule has 21 heavy (non-hydrogen) atoms. The van der Waals surface area contributed by atoms with Crippen LogP contribution in [-0.2, 0) is 0 Å². The van der Waals surface area contributed by atoms with Crippen molar-refractivity contribution in [2.45, 2.75) is 77.0 Å². The fourth-order valence-electron chi connectivity index (χ4n) is 3.49. The van der Waals surface area contributed by atoms with Gasteiger partial charge >= 0.3 is 0 Å². The smallest absolute Gasteiger partial charge is 0.116 e. The van der Waals surface area contributed by atoms with Crippen molar-refractivity contribution in [2.75, 3.05) is 0 Å². The van der Waals surface area contributed by atoms with Gasteiger partial charge in [-0.15, -0.1) is 0 Å². The molecule has 1 heterocycles. The number of nitrogens with zero attached hydrogens (tertiary/aromatic N) is 2. The summed E-state index contributed by atoms with van der Waals surface area (Å²) in [6, 6.07) is 0. The Morgan fingerprint density at radius 2 is 1.10 bits per heavy atom. The molecule has 0 spiro atoms. The molecule has 2 aliphatic rings. The lowest BCUT2D eigenvalue weighted by molar-refractivity contribution is 0.641. The summed E-state index contributed by atoms with van der Waals surface area (Å²) in [5.74, 6) is 0. The number of nitrogens with one attached hydrogen (secondary N) is 1. The zero-order chi connectivity index (χ0) is 14.3. The lowest BCUT2D eigenvalue weighted by atomic mass is 9.92. The van der Waals surface area contributed by atoms with Crippen molar-refractivity contribution >= 4 is 11.1 Å². The number of aromatic nitrogens is 3. The first kappa shape index (κ1) is 14.6. The maximum Gasteiger partial charge on any atom is 0.116 e. The number of allylic oxidation sites excluding steroid dienone is 4. The molecule has 1 N–H and O–H groups in total. The van der Waals surface area contributed by atoms with Gasteiger partial charge in [0.2, 0.25) is 0 Å². The summed E-state index contributed by atoms with van der Waals surface area (Å²) in [5.41, 5.74) is 5.09. The summed E-state index contributed by atoms with van der Waals surface area (Å²) in [5, 5.41) is 11.9. The number of rotatable bonds is 2. The number of hydrogen-bond donors (Lipinski definition) is 1. The minimum atomic E-state index is 1.13. The van der Waals surface area contributed by atoms with E-state index in [1.54, 1.807) is 0 Å². The molecule has 0 unspecified atom stereocenters. The molecule has 0 bridgehead atoms. The largest absolute Gasteiger partial charge is 0.197 e. The molecule has 1 aromatic heterocycles. The minimum Gasteiger partial charge on any atom is -0.197 e. The van der Waals surface area contributed by atoms with Gasteiger partial charge < -0.3 is 0 Å².